The van der Waals surface area contributed by atoms with Gasteiger partial charge in [0, 0.05) is 150 Å². The second-order valence-corrected chi connectivity index (χ2v) is 38.3. The summed E-state index contributed by atoms with van der Waals surface area (Å²) in [6, 6.07) is 116. The second-order valence-electron chi connectivity index (χ2n) is 28.7. The number of rotatable bonds is 17. The van der Waals surface area contributed by atoms with Crippen LogP contribution in [0.2, 0.25) is 0 Å². The summed E-state index contributed by atoms with van der Waals surface area (Å²) >= 11 is 7.02. The number of nitrogens with zero attached hydrogens (tertiary/aromatic N) is 4. The first-order valence-electron chi connectivity index (χ1n) is 37.0. The molecule has 0 fully saturated rings. The Morgan fingerprint density at radius 1 is 0.236 bits per heavy atom. The minimum atomic E-state index is -3.51. The number of benzene rings is 12. The molecule has 0 unspecified atom stereocenters. The highest BCUT2D eigenvalue weighted by Crippen LogP contribution is 2.61. The van der Waals surface area contributed by atoms with Gasteiger partial charge in [0.25, 0.3) is 0 Å². The van der Waals surface area contributed by atoms with Crippen molar-refractivity contribution in [2.24, 2.45) is 0 Å². The normalized spacial score (nSPS) is 13.1. The van der Waals surface area contributed by atoms with E-state index in [4.69, 9.17) is 0 Å². The molecule has 0 atom stereocenters. The SMILES string of the molecule is Cc1cc(-c2cc(C)c([C+]3c4sc(-c5ccc(N(C)c6ccccc6)cc5)cc4P(=O)(c4ccccc4)c4cc(-c5ccc(N(C)c6ccccc6)cc5)sc43)c(C)c2)cc(C)c1[C+]1c2sc(-c3ccc(N(C)c4ccccc4)cc3)cc2P(=O)(c2ccccc2)c2cc(-c3ccc(N(C)c4ccccc4)cc3)sc21. The minimum Gasteiger partial charge on any atom is -0.345 e. The number of thiophene rings is 4. The van der Waals surface area contributed by atoms with Gasteiger partial charge in [-0.25, -0.2) is 0 Å². The molecule has 0 amide bonds. The molecule has 12 aromatic carbocycles. The highest BCUT2D eigenvalue weighted by atomic mass is 32.1. The number of hydrogen-bond donors (Lipinski definition) is 0. The summed E-state index contributed by atoms with van der Waals surface area (Å²) in [6.07, 6.45) is 0. The lowest BCUT2D eigenvalue weighted by molar-refractivity contribution is 0.591. The largest absolute Gasteiger partial charge is 0.345 e. The first-order valence-corrected chi connectivity index (χ1v) is 43.7. The van der Waals surface area contributed by atoms with Crippen LogP contribution in [0.4, 0.5) is 45.5 Å². The number of anilines is 8. The molecule has 2 aliphatic heterocycles. The Bertz CT molecular complexity index is 5490. The molecule has 0 saturated carbocycles. The molecule has 534 valence electrons. The maximum Gasteiger partial charge on any atom is 0.232 e. The highest BCUT2D eigenvalue weighted by molar-refractivity contribution is 7.87. The average Bonchev–Trinajstić information content (AvgIpc) is 1.51. The molecule has 18 rings (SSSR count). The Morgan fingerprint density at radius 3 is 0.636 bits per heavy atom. The molecule has 6 heterocycles. The van der Waals surface area contributed by atoms with Crippen molar-refractivity contribution in [3.05, 3.63) is 392 Å². The topological polar surface area (TPSA) is 47.1 Å². The van der Waals surface area contributed by atoms with E-state index in [0.717, 1.165) is 195 Å². The smallest absolute Gasteiger partial charge is 0.232 e. The molecule has 4 aromatic heterocycles. The van der Waals surface area contributed by atoms with Crippen LogP contribution < -0.4 is 51.4 Å². The standard InChI is InChI=1S/C98H78N4O2P2S4/c1-63-55-71(56-64(2)91(63)93-95-83(59-87(107-95)67-39-47-77(48-40-67)99(5)73-27-15-9-16-28-73)105(103,81-35-23-13-24-36-81)84-60-88(108-96(84)93)68-41-49-78(50-42-68)100(6)74-29-17-10-18-30-74)72-57-65(3)92(66(4)58-72)94-97-85(61-89(109-97)69-43-51-79(52-44-69)101(7)75-31-19-11-20-32-75)106(104,82-37-25-14-26-38-82)86-62-90(110-98(86)94)70-45-53-80(54-46-70)102(8)76-33-21-12-22-34-76/h9-62H,1-8H3/q+2. The summed E-state index contributed by atoms with van der Waals surface area (Å²) in [4.78, 5) is 17.3. The summed E-state index contributed by atoms with van der Waals surface area (Å²) in [5.74, 6) is 2.25. The molecule has 0 spiro atoms. The van der Waals surface area contributed by atoms with Crippen LogP contribution in [0.3, 0.4) is 0 Å². The van der Waals surface area contributed by atoms with E-state index < -0.39 is 14.3 Å². The van der Waals surface area contributed by atoms with Crippen LogP contribution in [-0.4, -0.2) is 28.2 Å². The fourth-order valence-corrected chi connectivity index (χ4v) is 28.8. The van der Waals surface area contributed by atoms with E-state index >= 15 is 9.13 Å². The van der Waals surface area contributed by atoms with E-state index in [1.54, 1.807) is 45.3 Å². The van der Waals surface area contributed by atoms with Gasteiger partial charge in [0.2, 0.25) is 14.3 Å². The van der Waals surface area contributed by atoms with Crippen molar-refractivity contribution < 1.29 is 9.13 Å². The van der Waals surface area contributed by atoms with Crippen LogP contribution in [0.1, 0.15) is 52.9 Å². The third-order valence-electron chi connectivity index (χ3n) is 22.0. The summed E-state index contributed by atoms with van der Waals surface area (Å²) in [5, 5.41) is 5.16. The van der Waals surface area contributed by atoms with Crippen LogP contribution >= 0.6 is 59.6 Å². The van der Waals surface area contributed by atoms with Crippen molar-refractivity contribution in [1.82, 2.24) is 0 Å². The van der Waals surface area contributed by atoms with Gasteiger partial charge in [0.1, 0.15) is 19.5 Å². The van der Waals surface area contributed by atoms with Gasteiger partial charge >= 0.3 is 0 Å². The van der Waals surface area contributed by atoms with Gasteiger partial charge in [-0.3, -0.25) is 9.13 Å². The van der Waals surface area contributed by atoms with E-state index in [1.165, 1.54) is 0 Å². The predicted molar refractivity (Wildman–Crippen MR) is 475 cm³/mol. The fraction of sp³-hybridized carbons (Fsp3) is 0.0816. The molecule has 0 radical (unpaired) electrons. The second kappa shape index (κ2) is 28.7. The Labute approximate surface area is 661 Å². The number of aryl methyl sites for hydroxylation is 4. The third kappa shape index (κ3) is 12.3. The molecule has 16 aromatic rings. The lowest BCUT2D eigenvalue weighted by atomic mass is 9.83. The lowest BCUT2D eigenvalue weighted by Crippen LogP contribution is -2.34. The zero-order chi connectivity index (χ0) is 75.1. The zero-order valence-corrected chi connectivity index (χ0v) is 67.4. The molecule has 0 N–H and O–H groups in total. The number of hydrogen-bond acceptors (Lipinski definition) is 10. The van der Waals surface area contributed by atoms with Crippen molar-refractivity contribution >= 4 is 137 Å². The fourth-order valence-electron chi connectivity index (χ4n) is 16.1. The van der Waals surface area contributed by atoms with Crippen LogP contribution in [0.25, 0.3) is 52.9 Å². The van der Waals surface area contributed by atoms with Crippen molar-refractivity contribution in [3.63, 3.8) is 0 Å². The summed E-state index contributed by atoms with van der Waals surface area (Å²) in [5.41, 5.74) is 22.2. The number of fused-ring (bicyclic) bond motifs is 4. The number of para-hydroxylation sites is 4. The third-order valence-corrected chi connectivity index (χ3v) is 33.6. The Hall–Kier alpha value is -11.2. The van der Waals surface area contributed by atoms with Gasteiger partial charge in [0.05, 0.1) is 44.2 Å². The van der Waals surface area contributed by atoms with Gasteiger partial charge in [0.15, 0.2) is 0 Å². The van der Waals surface area contributed by atoms with E-state index in [9.17, 15) is 0 Å². The molecule has 6 nitrogen and oxygen atoms in total. The maximum absolute atomic E-state index is 17.2. The lowest BCUT2D eigenvalue weighted by Gasteiger charge is -2.26. The van der Waals surface area contributed by atoms with Crippen LogP contribution in [0.5, 0.6) is 0 Å². The predicted octanol–water partition coefficient (Wildman–Crippen LogP) is 24.5. The summed E-state index contributed by atoms with van der Waals surface area (Å²) < 4.78 is 34.5. The first kappa shape index (κ1) is 70.5. The molecule has 0 aliphatic carbocycles. The molecule has 110 heavy (non-hydrogen) atoms. The molecule has 2 aliphatic rings. The average molecular weight is 1530 g/mol. The molecule has 0 saturated heterocycles. The van der Waals surface area contributed by atoms with Gasteiger partial charge in [-0.05, 0) is 207 Å². The van der Waals surface area contributed by atoms with Gasteiger partial charge in [-0.2, -0.15) is 0 Å². The molecule has 0 bridgehead atoms. The highest BCUT2D eigenvalue weighted by Gasteiger charge is 2.54. The Kier molecular flexibility index (Phi) is 18.4. The first-order chi connectivity index (χ1) is 53.6. The zero-order valence-electron chi connectivity index (χ0n) is 62.3. The van der Waals surface area contributed by atoms with E-state index in [-0.39, 0.29) is 0 Å². The quantitative estimate of drug-likeness (QED) is 0.0669. The van der Waals surface area contributed by atoms with E-state index in [2.05, 4.69) is 342 Å². The Balaban J connectivity index is 0.765. The van der Waals surface area contributed by atoms with E-state index in [0.29, 0.717) is 0 Å². The van der Waals surface area contributed by atoms with Crippen LogP contribution in [-0.2, 0) is 9.13 Å². The molecular weight excluding hydrogens is 1460 g/mol. The maximum atomic E-state index is 17.2. The Morgan fingerprint density at radius 2 is 0.427 bits per heavy atom. The van der Waals surface area contributed by atoms with Crippen molar-refractivity contribution in [2.45, 2.75) is 27.7 Å². The van der Waals surface area contributed by atoms with Gasteiger partial charge in [-0.1, -0.05) is 158 Å². The molecular formula is C98H78N4O2P2S4+2. The van der Waals surface area contributed by atoms with Crippen molar-refractivity contribution in [1.29, 1.82) is 0 Å². The van der Waals surface area contributed by atoms with Crippen molar-refractivity contribution in [2.75, 3.05) is 47.8 Å². The monoisotopic (exact) mass is 1530 g/mol. The van der Waals surface area contributed by atoms with Gasteiger partial charge in [-0.15, -0.1) is 45.3 Å². The summed E-state index contributed by atoms with van der Waals surface area (Å²) in [7, 11) is 1.41. The van der Waals surface area contributed by atoms with E-state index in [1.807, 2.05) is 60.7 Å². The van der Waals surface area contributed by atoms with Crippen molar-refractivity contribution in [3.8, 4) is 52.9 Å². The molecule has 12 heteroatoms. The van der Waals surface area contributed by atoms with Crippen LogP contribution in [0, 0.1) is 39.5 Å². The van der Waals surface area contributed by atoms with Gasteiger partial charge < -0.3 is 19.6 Å². The minimum absolute atomic E-state index is 0.825. The summed E-state index contributed by atoms with van der Waals surface area (Å²) in [6.45, 7) is 9.07. The van der Waals surface area contributed by atoms with Crippen LogP contribution in [0.15, 0.2) is 328 Å².